The second-order valence-electron chi connectivity index (χ2n) is 5.47. The molecule has 1 aliphatic heterocycles. The Morgan fingerprint density at radius 2 is 2.00 bits per heavy atom. The van der Waals surface area contributed by atoms with Crippen molar-refractivity contribution in [1.82, 2.24) is 4.90 Å². The Kier molecular flexibility index (Phi) is 4.35. The molecule has 1 fully saturated rings. The van der Waals surface area contributed by atoms with E-state index in [0.29, 0.717) is 24.1 Å². The van der Waals surface area contributed by atoms with Gasteiger partial charge in [0.1, 0.15) is 6.29 Å². The van der Waals surface area contributed by atoms with Crippen LogP contribution in [0.2, 0.25) is 0 Å². The van der Waals surface area contributed by atoms with Crippen molar-refractivity contribution in [2.75, 3.05) is 0 Å². The number of hydrogen-bond acceptors (Lipinski definition) is 2. The molecular weight excluding hydrogens is 238 g/mol. The summed E-state index contributed by atoms with van der Waals surface area (Å²) in [5.74, 6) is 0.169. The first-order valence-electron chi connectivity index (χ1n) is 6.97. The molecule has 1 aliphatic rings. The van der Waals surface area contributed by atoms with Gasteiger partial charge in [0.15, 0.2) is 0 Å². The van der Waals surface area contributed by atoms with Gasteiger partial charge in [-0.05, 0) is 44.7 Å². The Morgan fingerprint density at radius 3 is 2.63 bits per heavy atom. The molecule has 0 radical (unpaired) electrons. The Bertz CT molecular complexity index is 460. The Balaban J connectivity index is 2.09. The highest BCUT2D eigenvalue weighted by atomic mass is 16.2. The van der Waals surface area contributed by atoms with E-state index in [-0.39, 0.29) is 5.91 Å². The summed E-state index contributed by atoms with van der Waals surface area (Å²) in [6.07, 6.45) is 4.58. The van der Waals surface area contributed by atoms with Crippen LogP contribution in [0.3, 0.4) is 0 Å². The number of hydrogen-bond donors (Lipinski definition) is 0. The highest BCUT2D eigenvalue weighted by Crippen LogP contribution is 2.23. The number of carbonyl (C=O) groups excluding carboxylic acids is 2. The van der Waals surface area contributed by atoms with Crippen LogP contribution in [0.1, 0.15) is 49.0 Å². The molecule has 1 heterocycles. The maximum atomic E-state index is 12.4. The minimum atomic E-state index is 0.169. The molecule has 1 aromatic carbocycles. The van der Waals surface area contributed by atoms with Gasteiger partial charge in [-0.25, -0.2) is 0 Å². The number of benzene rings is 1. The van der Waals surface area contributed by atoms with Crippen molar-refractivity contribution >= 4 is 12.2 Å². The van der Waals surface area contributed by atoms with Crippen LogP contribution >= 0.6 is 0 Å². The van der Waals surface area contributed by atoms with Crippen LogP contribution < -0.4 is 0 Å². The first kappa shape index (κ1) is 13.8. The van der Waals surface area contributed by atoms with Gasteiger partial charge in [0, 0.05) is 17.6 Å². The minimum absolute atomic E-state index is 0.169. The smallest absolute Gasteiger partial charge is 0.227 e. The van der Waals surface area contributed by atoms with Crippen LogP contribution in [-0.4, -0.2) is 29.2 Å². The molecule has 0 N–H and O–H groups in total. The third-order valence-electron chi connectivity index (χ3n) is 3.92. The van der Waals surface area contributed by atoms with Crippen molar-refractivity contribution in [2.45, 2.75) is 51.6 Å². The number of nitrogens with zero attached hydrogens (tertiary/aromatic N) is 1. The molecule has 1 saturated heterocycles. The number of likely N-dealkylation sites (tertiary alicyclic amines) is 1. The Morgan fingerprint density at radius 1 is 1.32 bits per heavy atom. The molecule has 0 aromatic heterocycles. The van der Waals surface area contributed by atoms with Gasteiger partial charge in [-0.3, -0.25) is 9.59 Å². The number of aldehydes is 1. The van der Waals surface area contributed by atoms with Crippen molar-refractivity contribution in [3.8, 4) is 0 Å². The van der Waals surface area contributed by atoms with Crippen LogP contribution in [0.5, 0.6) is 0 Å². The van der Waals surface area contributed by atoms with Crippen LogP contribution in [-0.2, 0) is 11.2 Å². The van der Waals surface area contributed by atoms with Gasteiger partial charge < -0.3 is 4.90 Å². The molecule has 2 atom stereocenters. The fourth-order valence-corrected chi connectivity index (χ4v) is 2.96. The van der Waals surface area contributed by atoms with E-state index in [4.69, 9.17) is 0 Å². The fraction of sp³-hybridized carbons (Fsp3) is 0.500. The van der Waals surface area contributed by atoms with E-state index >= 15 is 0 Å². The van der Waals surface area contributed by atoms with E-state index in [1.54, 1.807) is 12.1 Å². The first-order valence-corrected chi connectivity index (χ1v) is 6.97. The Labute approximate surface area is 114 Å². The van der Waals surface area contributed by atoms with Crippen LogP contribution in [0, 0.1) is 0 Å². The summed E-state index contributed by atoms with van der Waals surface area (Å²) < 4.78 is 0. The number of carbonyl (C=O) groups is 2. The van der Waals surface area contributed by atoms with Crippen molar-refractivity contribution in [3.05, 3.63) is 35.4 Å². The van der Waals surface area contributed by atoms with E-state index in [2.05, 4.69) is 13.8 Å². The normalized spacial score (nSPS) is 23.2. The number of rotatable bonds is 3. The second-order valence-corrected chi connectivity index (χ2v) is 5.47. The number of amides is 1. The maximum absolute atomic E-state index is 12.4. The lowest BCUT2D eigenvalue weighted by Crippen LogP contribution is -2.48. The molecule has 0 aliphatic carbocycles. The van der Waals surface area contributed by atoms with Crippen LogP contribution in [0.4, 0.5) is 0 Å². The molecule has 102 valence electrons. The molecular formula is C16H21NO2. The molecule has 0 bridgehead atoms. The topological polar surface area (TPSA) is 37.4 Å². The predicted molar refractivity (Wildman–Crippen MR) is 75.2 cm³/mol. The van der Waals surface area contributed by atoms with Crippen molar-refractivity contribution < 1.29 is 9.59 Å². The molecule has 1 amide bonds. The zero-order valence-corrected chi connectivity index (χ0v) is 11.6. The highest BCUT2D eigenvalue weighted by molar-refractivity contribution is 5.81. The average Bonchev–Trinajstić information content (AvgIpc) is 2.38. The molecule has 3 heteroatoms. The monoisotopic (exact) mass is 259 g/mol. The largest absolute Gasteiger partial charge is 0.337 e. The number of piperidine rings is 1. The van der Waals surface area contributed by atoms with E-state index < -0.39 is 0 Å². The van der Waals surface area contributed by atoms with Gasteiger partial charge in [0.2, 0.25) is 5.91 Å². The van der Waals surface area contributed by atoms with E-state index in [1.807, 2.05) is 17.0 Å². The molecule has 0 unspecified atom stereocenters. The molecule has 0 spiro atoms. The maximum Gasteiger partial charge on any atom is 0.227 e. The molecule has 2 rings (SSSR count). The van der Waals surface area contributed by atoms with Gasteiger partial charge in [-0.1, -0.05) is 18.2 Å². The van der Waals surface area contributed by atoms with Gasteiger partial charge in [-0.15, -0.1) is 0 Å². The predicted octanol–water partition coefficient (Wildman–Crippen LogP) is 2.83. The SMILES string of the molecule is C[C@@H]1CCC[C@H](C)N1C(=O)Cc1cccc(C=O)c1. The molecule has 19 heavy (non-hydrogen) atoms. The van der Waals surface area contributed by atoms with Gasteiger partial charge in [0.25, 0.3) is 0 Å². The van der Waals surface area contributed by atoms with E-state index in [9.17, 15) is 9.59 Å². The quantitative estimate of drug-likeness (QED) is 0.783. The fourth-order valence-electron chi connectivity index (χ4n) is 2.96. The third-order valence-corrected chi connectivity index (χ3v) is 3.92. The molecule has 1 aromatic rings. The van der Waals surface area contributed by atoms with Gasteiger partial charge >= 0.3 is 0 Å². The lowest BCUT2D eigenvalue weighted by atomic mass is 9.96. The molecule has 3 nitrogen and oxygen atoms in total. The van der Waals surface area contributed by atoms with Crippen molar-refractivity contribution in [2.24, 2.45) is 0 Å². The van der Waals surface area contributed by atoms with Crippen molar-refractivity contribution in [3.63, 3.8) is 0 Å². The van der Waals surface area contributed by atoms with Gasteiger partial charge in [-0.2, -0.15) is 0 Å². The van der Waals surface area contributed by atoms with Crippen LogP contribution in [0.15, 0.2) is 24.3 Å². The summed E-state index contributed by atoms with van der Waals surface area (Å²) in [6.45, 7) is 4.24. The first-order chi connectivity index (χ1) is 9.11. The summed E-state index contributed by atoms with van der Waals surface area (Å²) in [4.78, 5) is 25.2. The standard InChI is InChI=1S/C16H21NO2/c1-12-5-3-6-13(2)17(12)16(19)10-14-7-4-8-15(9-14)11-18/h4,7-9,11-13H,3,5-6,10H2,1-2H3/t12-,13+. The summed E-state index contributed by atoms with van der Waals surface area (Å²) in [5, 5.41) is 0. The lowest BCUT2D eigenvalue weighted by molar-refractivity contribution is -0.136. The third kappa shape index (κ3) is 3.22. The summed E-state index contributed by atoms with van der Waals surface area (Å²) in [5.41, 5.74) is 1.55. The average molecular weight is 259 g/mol. The zero-order chi connectivity index (χ0) is 13.8. The van der Waals surface area contributed by atoms with E-state index in [0.717, 1.165) is 24.7 Å². The van der Waals surface area contributed by atoms with Crippen molar-refractivity contribution in [1.29, 1.82) is 0 Å². The van der Waals surface area contributed by atoms with E-state index in [1.165, 1.54) is 6.42 Å². The summed E-state index contributed by atoms with van der Waals surface area (Å²) in [7, 11) is 0. The Hall–Kier alpha value is -1.64. The zero-order valence-electron chi connectivity index (χ0n) is 11.6. The minimum Gasteiger partial charge on any atom is -0.337 e. The van der Waals surface area contributed by atoms with Crippen LogP contribution in [0.25, 0.3) is 0 Å². The second kappa shape index (κ2) is 6.00. The van der Waals surface area contributed by atoms with Gasteiger partial charge in [0.05, 0.1) is 6.42 Å². The highest BCUT2D eigenvalue weighted by Gasteiger charge is 2.28. The summed E-state index contributed by atoms with van der Waals surface area (Å²) in [6, 6.07) is 7.94. The lowest BCUT2D eigenvalue weighted by Gasteiger charge is -2.39. The molecule has 0 saturated carbocycles. The summed E-state index contributed by atoms with van der Waals surface area (Å²) >= 11 is 0.